The zero-order valence-corrected chi connectivity index (χ0v) is 22.5. The molecule has 0 aliphatic rings. The number of hydrogen-bond donors (Lipinski definition) is 2. The number of hydrogen-bond acceptors (Lipinski definition) is 6. The van der Waals surface area contributed by atoms with Gasteiger partial charge in [0.1, 0.15) is 5.60 Å². The number of nitrogens with one attached hydrogen (secondary N) is 1. The Morgan fingerprint density at radius 2 is 1.57 bits per heavy atom. The molecule has 7 nitrogen and oxygen atoms in total. The number of alkyl carbamates (subject to hydrolysis) is 1. The molecule has 2 rings (SSSR count). The van der Waals surface area contributed by atoms with Crippen LogP contribution in [0.25, 0.3) is 11.1 Å². The van der Waals surface area contributed by atoms with E-state index in [0.717, 1.165) is 33.6 Å². The van der Waals surface area contributed by atoms with Crippen molar-refractivity contribution in [3.8, 4) is 16.9 Å². The molecule has 1 heterocycles. The highest BCUT2D eigenvalue weighted by molar-refractivity contribution is 5.81. The van der Waals surface area contributed by atoms with Gasteiger partial charge in [-0.25, -0.2) is 4.79 Å². The van der Waals surface area contributed by atoms with Gasteiger partial charge in [-0.3, -0.25) is 9.78 Å². The number of nitrogens with zero attached hydrogens (tertiary/aromatic N) is 1. The van der Waals surface area contributed by atoms with Crippen LogP contribution in [0.3, 0.4) is 0 Å². The van der Waals surface area contributed by atoms with Crippen LogP contribution in [0, 0.1) is 11.8 Å². The highest BCUT2D eigenvalue weighted by Gasteiger charge is 2.25. The van der Waals surface area contributed by atoms with Crippen LogP contribution < -0.4 is 15.8 Å². The minimum atomic E-state index is -0.617. The quantitative estimate of drug-likeness (QED) is 0.453. The molecule has 192 valence electrons. The molecule has 1 amide bonds. The van der Waals surface area contributed by atoms with Crippen molar-refractivity contribution in [3.05, 3.63) is 46.8 Å². The van der Waals surface area contributed by atoms with Gasteiger partial charge in [-0.05, 0) is 56.6 Å². The maximum absolute atomic E-state index is 12.5. The predicted molar refractivity (Wildman–Crippen MR) is 139 cm³/mol. The van der Waals surface area contributed by atoms with Gasteiger partial charge in [0.2, 0.25) is 0 Å². The average molecular weight is 484 g/mol. The number of amides is 1. The second-order valence-electron chi connectivity index (χ2n) is 10.7. The molecule has 0 radical (unpaired) electrons. The van der Waals surface area contributed by atoms with E-state index in [9.17, 15) is 9.59 Å². The molecule has 0 aliphatic carbocycles. The van der Waals surface area contributed by atoms with E-state index >= 15 is 0 Å². The highest BCUT2D eigenvalue weighted by Crippen LogP contribution is 2.39. The van der Waals surface area contributed by atoms with Crippen molar-refractivity contribution in [2.45, 2.75) is 86.9 Å². The first-order chi connectivity index (χ1) is 16.3. The lowest BCUT2D eigenvalue weighted by Crippen LogP contribution is -2.32. The summed E-state index contributed by atoms with van der Waals surface area (Å²) in [5.41, 5.74) is 10.3. The van der Waals surface area contributed by atoms with Gasteiger partial charge in [0.15, 0.2) is 5.75 Å². The Morgan fingerprint density at radius 1 is 1.00 bits per heavy atom. The average Bonchev–Trinajstić information content (AvgIpc) is 2.72. The Hall–Kier alpha value is -2.93. The normalized spacial score (nSPS) is 11.6. The van der Waals surface area contributed by atoms with Gasteiger partial charge < -0.3 is 20.5 Å². The molecule has 0 unspecified atom stereocenters. The molecule has 1 aromatic heterocycles. The lowest BCUT2D eigenvalue weighted by atomic mass is 9.91. The van der Waals surface area contributed by atoms with Gasteiger partial charge in [-0.15, -0.1) is 0 Å². The van der Waals surface area contributed by atoms with Crippen molar-refractivity contribution in [1.82, 2.24) is 10.3 Å². The molecule has 0 bridgehead atoms. The molecular weight excluding hydrogens is 442 g/mol. The molecule has 3 N–H and O–H groups in total. The fraction of sp³-hybridized carbons (Fsp3) is 0.536. The molecule has 0 aliphatic heterocycles. The second kappa shape index (κ2) is 12.2. The first-order valence-electron chi connectivity index (χ1n) is 12.3. The zero-order valence-electron chi connectivity index (χ0n) is 22.5. The summed E-state index contributed by atoms with van der Waals surface area (Å²) in [5, 5.41) is 2.88. The fourth-order valence-corrected chi connectivity index (χ4v) is 3.82. The van der Waals surface area contributed by atoms with Crippen molar-refractivity contribution < 1.29 is 19.1 Å². The minimum absolute atomic E-state index is 0.189. The number of carbonyl (C=O) groups excluding carboxylic acids is 2. The summed E-state index contributed by atoms with van der Waals surface area (Å²) in [6.07, 6.45) is 0.851. The van der Waals surface area contributed by atoms with Crippen molar-refractivity contribution in [3.63, 3.8) is 0 Å². The summed E-state index contributed by atoms with van der Waals surface area (Å²) in [6, 6.07) is 7.87. The number of pyridine rings is 1. The fourth-order valence-electron chi connectivity index (χ4n) is 3.82. The molecule has 7 heteroatoms. The molecule has 0 atom stereocenters. The number of esters is 1. The molecule has 0 spiro atoms. The van der Waals surface area contributed by atoms with Crippen molar-refractivity contribution in [2.24, 2.45) is 17.6 Å². The van der Waals surface area contributed by atoms with E-state index in [-0.39, 0.29) is 6.54 Å². The van der Waals surface area contributed by atoms with Crippen LogP contribution in [0.2, 0.25) is 0 Å². The molecule has 2 aromatic rings. The third-order valence-corrected chi connectivity index (χ3v) is 5.14. The van der Waals surface area contributed by atoms with E-state index in [2.05, 4.69) is 33.0 Å². The Balaban J connectivity index is 2.77. The number of ether oxygens (including phenoxy) is 2. The number of carbonyl (C=O) groups is 2. The van der Waals surface area contributed by atoms with Gasteiger partial charge >= 0.3 is 12.1 Å². The zero-order chi connectivity index (χ0) is 26.3. The van der Waals surface area contributed by atoms with Crippen molar-refractivity contribution >= 4 is 12.1 Å². The molecule has 1 aromatic carbocycles. The summed E-state index contributed by atoms with van der Waals surface area (Å²) in [4.78, 5) is 29.7. The maximum Gasteiger partial charge on any atom is 0.407 e. The Labute approximate surface area is 209 Å². The van der Waals surface area contributed by atoms with Crippen LogP contribution in [-0.4, -0.2) is 22.6 Å². The van der Waals surface area contributed by atoms with E-state index in [4.69, 9.17) is 20.2 Å². The maximum atomic E-state index is 12.5. The van der Waals surface area contributed by atoms with Crippen molar-refractivity contribution in [2.75, 3.05) is 0 Å². The van der Waals surface area contributed by atoms with E-state index < -0.39 is 17.7 Å². The van der Waals surface area contributed by atoms with Crippen LogP contribution in [0.1, 0.15) is 77.9 Å². The lowest BCUT2D eigenvalue weighted by molar-refractivity contribution is -0.131. The summed E-state index contributed by atoms with van der Waals surface area (Å²) in [6.45, 7) is 15.9. The lowest BCUT2D eigenvalue weighted by Gasteiger charge is -2.24. The van der Waals surface area contributed by atoms with E-state index in [1.165, 1.54) is 6.92 Å². The molecule has 0 fully saturated rings. The first-order valence-corrected chi connectivity index (χ1v) is 12.3. The van der Waals surface area contributed by atoms with Crippen molar-refractivity contribution in [1.29, 1.82) is 0 Å². The van der Waals surface area contributed by atoms with E-state index in [1.54, 1.807) is 0 Å². The SMILES string of the molecule is CC(=O)Oc1c(CC(C)C)nc(CC(C)C)c(CNC(=O)OC(C)(C)C)c1-c1ccc(CN)cc1. The number of aromatic nitrogens is 1. The molecular formula is C28H41N3O4. The van der Waals surface area contributed by atoms with Crippen LogP contribution >= 0.6 is 0 Å². The van der Waals surface area contributed by atoms with Gasteiger partial charge in [0.25, 0.3) is 0 Å². The summed E-state index contributed by atoms with van der Waals surface area (Å²) < 4.78 is 11.3. The topological polar surface area (TPSA) is 104 Å². The number of nitrogens with two attached hydrogens (primary N) is 1. The summed E-state index contributed by atoms with van der Waals surface area (Å²) in [7, 11) is 0. The van der Waals surface area contributed by atoms with Gasteiger partial charge in [0.05, 0.1) is 5.69 Å². The first kappa shape index (κ1) is 28.3. The number of rotatable bonds is 9. The van der Waals surface area contributed by atoms with E-state index in [0.29, 0.717) is 37.0 Å². The third kappa shape index (κ3) is 8.66. The molecule has 35 heavy (non-hydrogen) atoms. The smallest absolute Gasteiger partial charge is 0.407 e. The number of benzene rings is 1. The van der Waals surface area contributed by atoms with Gasteiger partial charge in [0, 0.05) is 36.8 Å². The van der Waals surface area contributed by atoms with Crippen LogP contribution in [0.15, 0.2) is 24.3 Å². The predicted octanol–water partition coefficient (Wildman–Crippen LogP) is 5.55. The van der Waals surface area contributed by atoms with Gasteiger partial charge in [-0.1, -0.05) is 52.0 Å². The second-order valence-corrected chi connectivity index (χ2v) is 10.7. The molecule has 0 saturated carbocycles. The molecule has 0 saturated heterocycles. The Bertz CT molecular complexity index is 1020. The van der Waals surface area contributed by atoms with E-state index in [1.807, 2.05) is 45.0 Å². The standard InChI is InChI=1S/C28H41N3O4/c1-17(2)13-23-22(16-30-27(33)35-28(6,7)8)25(21-11-9-20(15-29)10-12-21)26(34-19(5)32)24(31-23)14-18(3)4/h9-12,17-18H,13-16,29H2,1-8H3,(H,30,33). The third-order valence-electron chi connectivity index (χ3n) is 5.14. The van der Waals surface area contributed by atoms with Crippen LogP contribution in [0.4, 0.5) is 4.79 Å². The highest BCUT2D eigenvalue weighted by atomic mass is 16.6. The summed E-state index contributed by atoms with van der Waals surface area (Å²) >= 11 is 0. The summed E-state index contributed by atoms with van der Waals surface area (Å²) in [5.74, 6) is 0.670. The minimum Gasteiger partial charge on any atom is -0.444 e. The van der Waals surface area contributed by atoms with Crippen LogP contribution in [-0.2, 0) is 35.5 Å². The Morgan fingerprint density at radius 3 is 2.06 bits per heavy atom. The van der Waals surface area contributed by atoms with Crippen LogP contribution in [0.5, 0.6) is 5.75 Å². The largest absolute Gasteiger partial charge is 0.444 e. The Kier molecular flexibility index (Phi) is 9.83. The van der Waals surface area contributed by atoms with Gasteiger partial charge in [-0.2, -0.15) is 0 Å². The monoisotopic (exact) mass is 483 g/mol.